The van der Waals surface area contributed by atoms with Crippen molar-refractivity contribution < 1.29 is 18.3 Å². The molecule has 2 aromatic rings. The number of carbonyl (C=O) groups is 1. The molecule has 0 N–H and O–H groups in total. The van der Waals surface area contributed by atoms with Gasteiger partial charge < -0.3 is 4.74 Å². The fourth-order valence-electron chi connectivity index (χ4n) is 1.85. The van der Waals surface area contributed by atoms with E-state index in [-0.39, 0.29) is 11.8 Å². The molecule has 0 bridgehead atoms. The Morgan fingerprint density at radius 3 is 2.67 bits per heavy atom. The molecule has 0 aliphatic rings. The van der Waals surface area contributed by atoms with Crippen LogP contribution < -0.4 is 4.74 Å². The number of halogens is 3. The summed E-state index contributed by atoms with van der Waals surface area (Å²) in [6, 6.07) is 4.64. The van der Waals surface area contributed by atoms with Crippen molar-refractivity contribution in [2.24, 2.45) is 0 Å². The summed E-state index contributed by atoms with van der Waals surface area (Å²) >= 11 is 3.28. The third-order valence-electron chi connectivity index (χ3n) is 2.83. The van der Waals surface area contributed by atoms with E-state index < -0.39 is 6.61 Å². The van der Waals surface area contributed by atoms with Gasteiger partial charge in [0.15, 0.2) is 6.29 Å². The molecule has 4 nitrogen and oxygen atoms in total. The molecule has 0 aliphatic heterocycles. The first kappa shape index (κ1) is 15.6. The minimum absolute atomic E-state index is 0.0229. The van der Waals surface area contributed by atoms with E-state index in [0.717, 1.165) is 0 Å². The number of benzene rings is 1. The van der Waals surface area contributed by atoms with Crippen LogP contribution in [-0.4, -0.2) is 22.7 Å². The fraction of sp³-hybridized carbons (Fsp3) is 0.286. The Balaban J connectivity index is 2.59. The first-order chi connectivity index (χ1) is 9.92. The van der Waals surface area contributed by atoms with E-state index in [0.29, 0.717) is 27.6 Å². The normalized spacial score (nSPS) is 11.2. The van der Waals surface area contributed by atoms with Gasteiger partial charge in [-0.25, -0.2) is 0 Å². The summed E-state index contributed by atoms with van der Waals surface area (Å²) in [6.45, 7) is 0.864. The number of alkyl halides is 2. The number of aldehydes is 1. The second-order valence-corrected chi connectivity index (χ2v) is 5.56. The maximum absolute atomic E-state index is 12.5. The Bertz CT molecular complexity index is 656. The van der Waals surface area contributed by atoms with Gasteiger partial charge in [0.2, 0.25) is 0 Å². The quantitative estimate of drug-likeness (QED) is 0.748. The van der Waals surface area contributed by atoms with E-state index in [1.807, 2.05) is 13.8 Å². The first-order valence-corrected chi connectivity index (χ1v) is 7.00. The van der Waals surface area contributed by atoms with Crippen LogP contribution in [-0.2, 0) is 0 Å². The van der Waals surface area contributed by atoms with Gasteiger partial charge in [-0.2, -0.15) is 13.9 Å². The summed E-state index contributed by atoms with van der Waals surface area (Å²) in [7, 11) is 0. The third kappa shape index (κ3) is 3.47. The second kappa shape index (κ2) is 6.34. The average Bonchev–Trinajstić information content (AvgIpc) is 2.84. The molecule has 1 aromatic heterocycles. The lowest BCUT2D eigenvalue weighted by Crippen LogP contribution is -2.04. The highest BCUT2D eigenvalue weighted by atomic mass is 79.9. The van der Waals surface area contributed by atoms with Crippen molar-refractivity contribution in [2.75, 3.05) is 0 Å². The molecule has 0 saturated heterocycles. The standard InChI is InChI=1S/C14H13BrF2N2O2/c1-8(2)19-6-9(7-20)13(18-19)11-5-10(15)3-4-12(11)21-14(16)17/h3-8,14H,1-2H3. The number of ether oxygens (including phenoxy) is 1. The SMILES string of the molecule is CC(C)n1cc(C=O)c(-c2cc(Br)ccc2OC(F)F)n1. The van der Waals surface area contributed by atoms with E-state index in [9.17, 15) is 13.6 Å². The Morgan fingerprint density at radius 2 is 2.10 bits per heavy atom. The van der Waals surface area contributed by atoms with Crippen LogP contribution in [0.3, 0.4) is 0 Å². The van der Waals surface area contributed by atoms with E-state index in [1.54, 1.807) is 23.0 Å². The Labute approximate surface area is 128 Å². The average molecular weight is 359 g/mol. The van der Waals surface area contributed by atoms with Gasteiger partial charge in [0.25, 0.3) is 0 Å². The molecule has 21 heavy (non-hydrogen) atoms. The molecule has 7 heteroatoms. The molecule has 0 saturated carbocycles. The monoisotopic (exact) mass is 358 g/mol. The largest absolute Gasteiger partial charge is 0.434 e. The van der Waals surface area contributed by atoms with Crippen molar-refractivity contribution in [3.63, 3.8) is 0 Å². The number of hydrogen-bond donors (Lipinski definition) is 0. The van der Waals surface area contributed by atoms with E-state index in [2.05, 4.69) is 25.8 Å². The van der Waals surface area contributed by atoms with Crippen LogP contribution in [0.5, 0.6) is 5.75 Å². The van der Waals surface area contributed by atoms with Gasteiger partial charge in [0.1, 0.15) is 11.4 Å². The summed E-state index contributed by atoms with van der Waals surface area (Å²) in [4.78, 5) is 11.2. The lowest BCUT2D eigenvalue weighted by atomic mass is 10.1. The van der Waals surface area contributed by atoms with Crippen LogP contribution in [0.4, 0.5) is 8.78 Å². The van der Waals surface area contributed by atoms with Crippen molar-refractivity contribution in [3.8, 4) is 17.0 Å². The van der Waals surface area contributed by atoms with Crippen LogP contribution >= 0.6 is 15.9 Å². The third-order valence-corrected chi connectivity index (χ3v) is 3.32. The number of nitrogens with zero attached hydrogens (tertiary/aromatic N) is 2. The highest BCUT2D eigenvalue weighted by molar-refractivity contribution is 9.10. The molecular formula is C14H13BrF2N2O2. The van der Waals surface area contributed by atoms with Gasteiger partial charge in [-0.1, -0.05) is 15.9 Å². The van der Waals surface area contributed by atoms with Crippen LogP contribution in [0.1, 0.15) is 30.2 Å². The van der Waals surface area contributed by atoms with Crippen LogP contribution in [0.15, 0.2) is 28.9 Å². The summed E-state index contributed by atoms with van der Waals surface area (Å²) < 4.78 is 31.8. The van der Waals surface area contributed by atoms with Gasteiger partial charge in [-0.05, 0) is 32.0 Å². The minimum Gasteiger partial charge on any atom is -0.434 e. The van der Waals surface area contributed by atoms with E-state index >= 15 is 0 Å². The number of carbonyl (C=O) groups excluding carboxylic acids is 1. The van der Waals surface area contributed by atoms with Crippen molar-refractivity contribution in [1.29, 1.82) is 0 Å². The Kier molecular flexibility index (Phi) is 4.72. The summed E-state index contributed by atoms with van der Waals surface area (Å²) in [5, 5.41) is 4.30. The molecule has 1 aromatic carbocycles. The molecule has 2 rings (SSSR count). The van der Waals surface area contributed by atoms with Crippen molar-refractivity contribution in [2.45, 2.75) is 26.5 Å². The Morgan fingerprint density at radius 1 is 1.38 bits per heavy atom. The maximum atomic E-state index is 12.5. The minimum atomic E-state index is -2.95. The second-order valence-electron chi connectivity index (χ2n) is 4.64. The van der Waals surface area contributed by atoms with Crippen LogP contribution in [0.2, 0.25) is 0 Å². The van der Waals surface area contributed by atoms with Crippen molar-refractivity contribution in [1.82, 2.24) is 9.78 Å². The summed E-state index contributed by atoms with van der Waals surface area (Å²) in [5.74, 6) is -0.0229. The number of rotatable bonds is 5. The molecular weight excluding hydrogens is 346 g/mol. The molecule has 0 amide bonds. The van der Waals surface area contributed by atoms with E-state index in [4.69, 9.17) is 0 Å². The zero-order chi connectivity index (χ0) is 15.6. The van der Waals surface area contributed by atoms with E-state index in [1.165, 1.54) is 6.07 Å². The zero-order valence-corrected chi connectivity index (χ0v) is 13.0. The van der Waals surface area contributed by atoms with Gasteiger partial charge >= 0.3 is 6.61 Å². The Hall–Kier alpha value is -1.76. The van der Waals surface area contributed by atoms with Crippen LogP contribution in [0.25, 0.3) is 11.3 Å². The number of aromatic nitrogens is 2. The predicted molar refractivity (Wildman–Crippen MR) is 77.8 cm³/mol. The molecule has 112 valence electrons. The molecule has 0 unspecified atom stereocenters. The summed E-state index contributed by atoms with van der Waals surface area (Å²) in [6.07, 6.45) is 2.23. The summed E-state index contributed by atoms with van der Waals surface area (Å²) in [5.41, 5.74) is 0.975. The fourth-order valence-corrected chi connectivity index (χ4v) is 2.21. The van der Waals surface area contributed by atoms with Gasteiger partial charge in [0, 0.05) is 22.3 Å². The van der Waals surface area contributed by atoms with Crippen molar-refractivity contribution in [3.05, 3.63) is 34.4 Å². The smallest absolute Gasteiger partial charge is 0.387 e. The predicted octanol–water partition coefficient (Wildman–Crippen LogP) is 4.31. The number of hydrogen-bond acceptors (Lipinski definition) is 3. The topological polar surface area (TPSA) is 44.1 Å². The van der Waals surface area contributed by atoms with Gasteiger partial charge in [0.05, 0.1) is 5.56 Å². The lowest BCUT2D eigenvalue weighted by molar-refractivity contribution is -0.0494. The van der Waals surface area contributed by atoms with Crippen LogP contribution in [0, 0.1) is 0 Å². The molecule has 0 radical (unpaired) electrons. The molecule has 0 spiro atoms. The highest BCUT2D eigenvalue weighted by Crippen LogP contribution is 2.34. The molecule has 0 aliphatic carbocycles. The molecule has 0 atom stereocenters. The maximum Gasteiger partial charge on any atom is 0.387 e. The van der Waals surface area contributed by atoms with Gasteiger partial charge in [-0.15, -0.1) is 0 Å². The molecule has 0 fully saturated rings. The zero-order valence-electron chi connectivity index (χ0n) is 11.4. The first-order valence-electron chi connectivity index (χ1n) is 6.21. The highest BCUT2D eigenvalue weighted by Gasteiger charge is 2.18. The van der Waals surface area contributed by atoms with Gasteiger partial charge in [-0.3, -0.25) is 9.48 Å². The van der Waals surface area contributed by atoms with Crippen molar-refractivity contribution >= 4 is 22.2 Å². The lowest BCUT2D eigenvalue weighted by Gasteiger charge is -2.10. The molecule has 1 heterocycles.